The maximum atomic E-state index is 10.6. The molecular formula is C18H18N2O. The summed E-state index contributed by atoms with van der Waals surface area (Å²) in [6, 6.07) is 14.2. The van der Waals surface area contributed by atoms with Gasteiger partial charge < -0.3 is 9.51 Å². The largest absolute Gasteiger partial charge is 0.388 e. The van der Waals surface area contributed by atoms with Crippen molar-refractivity contribution in [3.8, 4) is 0 Å². The molecule has 0 saturated carbocycles. The predicted molar refractivity (Wildman–Crippen MR) is 82.1 cm³/mol. The molecule has 1 N–H and O–H groups in total. The van der Waals surface area contributed by atoms with Crippen molar-refractivity contribution in [2.45, 2.75) is 25.4 Å². The van der Waals surface area contributed by atoms with Gasteiger partial charge in [0.2, 0.25) is 0 Å². The molecule has 0 radical (unpaired) electrons. The van der Waals surface area contributed by atoms with E-state index in [0.717, 1.165) is 36.2 Å². The van der Waals surface area contributed by atoms with Crippen LogP contribution < -0.4 is 0 Å². The fourth-order valence-electron chi connectivity index (χ4n) is 3.37. The Morgan fingerprint density at radius 2 is 2.00 bits per heavy atom. The van der Waals surface area contributed by atoms with Gasteiger partial charge in [0, 0.05) is 12.4 Å². The van der Waals surface area contributed by atoms with Crippen LogP contribution in [0.25, 0.3) is 5.65 Å². The van der Waals surface area contributed by atoms with E-state index in [1.807, 2.05) is 40.9 Å². The number of aliphatic hydroxyl groups excluding tert-OH is 1. The molecule has 1 aliphatic carbocycles. The highest BCUT2D eigenvalue weighted by molar-refractivity contribution is 5.39. The third-order valence-corrected chi connectivity index (χ3v) is 4.49. The molecule has 2 aromatic heterocycles. The predicted octanol–water partition coefficient (Wildman–Crippen LogP) is 3.17. The van der Waals surface area contributed by atoms with Gasteiger partial charge in [0.05, 0.1) is 11.8 Å². The molecule has 2 atom stereocenters. The molecule has 0 aliphatic heterocycles. The summed E-state index contributed by atoms with van der Waals surface area (Å²) in [5, 5.41) is 10.6. The van der Waals surface area contributed by atoms with Gasteiger partial charge in [0.1, 0.15) is 5.65 Å². The SMILES string of the molecule is OC1c2ccccc2CCC1Cc1cn2ccccc2n1. The number of fused-ring (bicyclic) bond motifs is 2. The zero-order chi connectivity index (χ0) is 14.2. The second-order valence-corrected chi connectivity index (χ2v) is 5.84. The average molecular weight is 278 g/mol. The smallest absolute Gasteiger partial charge is 0.136 e. The van der Waals surface area contributed by atoms with Crippen molar-refractivity contribution in [3.05, 3.63) is 71.7 Å². The maximum absolute atomic E-state index is 10.6. The number of imidazole rings is 1. The van der Waals surface area contributed by atoms with Gasteiger partial charge in [-0.3, -0.25) is 0 Å². The Balaban J connectivity index is 1.60. The molecule has 3 heteroatoms. The van der Waals surface area contributed by atoms with E-state index in [2.05, 4.69) is 23.3 Å². The van der Waals surface area contributed by atoms with Gasteiger partial charge in [-0.25, -0.2) is 4.98 Å². The van der Waals surface area contributed by atoms with Crippen LogP contribution in [0.1, 0.15) is 29.3 Å². The molecule has 1 aromatic carbocycles. The van der Waals surface area contributed by atoms with Crippen LogP contribution in [0, 0.1) is 5.92 Å². The van der Waals surface area contributed by atoms with E-state index < -0.39 is 0 Å². The van der Waals surface area contributed by atoms with Crippen LogP contribution >= 0.6 is 0 Å². The minimum Gasteiger partial charge on any atom is -0.388 e. The van der Waals surface area contributed by atoms with Crippen LogP contribution in [-0.2, 0) is 12.8 Å². The molecule has 3 nitrogen and oxygen atoms in total. The molecule has 2 heterocycles. The van der Waals surface area contributed by atoms with Gasteiger partial charge >= 0.3 is 0 Å². The van der Waals surface area contributed by atoms with Crippen LogP contribution in [-0.4, -0.2) is 14.5 Å². The number of nitrogens with zero attached hydrogens (tertiary/aromatic N) is 2. The highest BCUT2D eigenvalue weighted by Crippen LogP contribution is 2.36. The fourth-order valence-corrected chi connectivity index (χ4v) is 3.37. The lowest BCUT2D eigenvalue weighted by Crippen LogP contribution is -2.22. The number of benzene rings is 1. The van der Waals surface area contributed by atoms with E-state index in [4.69, 9.17) is 0 Å². The van der Waals surface area contributed by atoms with Gasteiger partial charge in [-0.2, -0.15) is 0 Å². The first kappa shape index (κ1) is 12.6. The third-order valence-electron chi connectivity index (χ3n) is 4.49. The van der Waals surface area contributed by atoms with Crippen LogP contribution in [0.3, 0.4) is 0 Å². The molecule has 0 bridgehead atoms. The quantitative estimate of drug-likeness (QED) is 0.782. The summed E-state index contributed by atoms with van der Waals surface area (Å²) in [6.45, 7) is 0. The number of aromatic nitrogens is 2. The summed E-state index contributed by atoms with van der Waals surface area (Å²) in [7, 11) is 0. The van der Waals surface area contributed by atoms with Crippen molar-refractivity contribution in [2.24, 2.45) is 5.92 Å². The van der Waals surface area contributed by atoms with Gasteiger partial charge in [0.25, 0.3) is 0 Å². The molecule has 21 heavy (non-hydrogen) atoms. The Morgan fingerprint density at radius 3 is 2.90 bits per heavy atom. The van der Waals surface area contributed by atoms with Gasteiger partial charge in [-0.05, 0) is 48.4 Å². The summed E-state index contributed by atoms with van der Waals surface area (Å²) in [4.78, 5) is 4.65. The molecular weight excluding hydrogens is 260 g/mol. The summed E-state index contributed by atoms with van der Waals surface area (Å²) >= 11 is 0. The molecule has 0 amide bonds. The molecule has 2 unspecified atom stereocenters. The Kier molecular flexibility index (Phi) is 3.00. The summed E-state index contributed by atoms with van der Waals surface area (Å²) in [6.07, 6.45) is 6.61. The number of hydrogen-bond donors (Lipinski definition) is 1. The van der Waals surface area contributed by atoms with Crippen molar-refractivity contribution in [2.75, 3.05) is 0 Å². The van der Waals surface area contributed by atoms with Crippen LogP contribution in [0.4, 0.5) is 0 Å². The molecule has 4 rings (SSSR count). The van der Waals surface area contributed by atoms with E-state index in [9.17, 15) is 5.11 Å². The number of aryl methyl sites for hydroxylation is 1. The van der Waals surface area contributed by atoms with Crippen molar-refractivity contribution < 1.29 is 5.11 Å². The number of aliphatic hydroxyl groups is 1. The lowest BCUT2D eigenvalue weighted by atomic mass is 9.79. The Labute approximate surface area is 123 Å². The second-order valence-electron chi connectivity index (χ2n) is 5.84. The Hall–Kier alpha value is -2.13. The van der Waals surface area contributed by atoms with E-state index in [1.165, 1.54) is 5.56 Å². The van der Waals surface area contributed by atoms with Crippen LogP contribution in [0.15, 0.2) is 54.9 Å². The van der Waals surface area contributed by atoms with Gasteiger partial charge in [-0.1, -0.05) is 30.3 Å². The van der Waals surface area contributed by atoms with Crippen LogP contribution in [0.2, 0.25) is 0 Å². The lowest BCUT2D eigenvalue weighted by Gasteiger charge is -2.29. The Morgan fingerprint density at radius 1 is 1.14 bits per heavy atom. The fraction of sp³-hybridized carbons (Fsp3) is 0.278. The van der Waals surface area contributed by atoms with Crippen molar-refractivity contribution >= 4 is 5.65 Å². The monoisotopic (exact) mass is 278 g/mol. The number of rotatable bonds is 2. The van der Waals surface area contributed by atoms with E-state index in [0.29, 0.717) is 0 Å². The first-order valence-electron chi connectivity index (χ1n) is 7.50. The lowest BCUT2D eigenvalue weighted by molar-refractivity contribution is 0.0932. The van der Waals surface area contributed by atoms with Crippen molar-refractivity contribution in [1.29, 1.82) is 0 Å². The summed E-state index contributed by atoms with van der Waals surface area (Å²) in [5.41, 5.74) is 4.41. The first-order valence-corrected chi connectivity index (χ1v) is 7.50. The van der Waals surface area contributed by atoms with E-state index >= 15 is 0 Å². The molecule has 3 aromatic rings. The average Bonchev–Trinajstić information content (AvgIpc) is 2.93. The molecule has 0 saturated heterocycles. The molecule has 1 aliphatic rings. The normalized spacial score (nSPS) is 21.4. The zero-order valence-corrected chi connectivity index (χ0v) is 11.8. The van der Waals surface area contributed by atoms with E-state index in [-0.39, 0.29) is 12.0 Å². The van der Waals surface area contributed by atoms with Crippen LogP contribution in [0.5, 0.6) is 0 Å². The van der Waals surface area contributed by atoms with Crippen molar-refractivity contribution in [1.82, 2.24) is 9.38 Å². The minimum atomic E-state index is -0.375. The third kappa shape index (κ3) is 2.24. The summed E-state index contributed by atoms with van der Waals surface area (Å²) < 4.78 is 2.04. The highest BCUT2D eigenvalue weighted by Gasteiger charge is 2.28. The summed E-state index contributed by atoms with van der Waals surface area (Å²) in [5.74, 6) is 0.254. The standard InChI is InChI=1S/C18H18N2O/c21-18-14(9-8-13-5-1-2-6-16(13)18)11-15-12-20-10-4-3-7-17(20)19-15/h1-7,10,12,14,18,21H,8-9,11H2. The minimum absolute atomic E-state index is 0.254. The van der Waals surface area contributed by atoms with E-state index in [1.54, 1.807) is 0 Å². The molecule has 0 spiro atoms. The molecule has 0 fully saturated rings. The number of pyridine rings is 1. The maximum Gasteiger partial charge on any atom is 0.136 e. The number of hydrogen-bond acceptors (Lipinski definition) is 2. The second kappa shape index (κ2) is 5.01. The molecule has 106 valence electrons. The Bertz CT molecular complexity index is 744. The first-order chi connectivity index (χ1) is 10.3. The zero-order valence-electron chi connectivity index (χ0n) is 11.8. The van der Waals surface area contributed by atoms with Gasteiger partial charge in [0.15, 0.2) is 0 Å². The van der Waals surface area contributed by atoms with Gasteiger partial charge in [-0.15, -0.1) is 0 Å². The van der Waals surface area contributed by atoms with Crippen molar-refractivity contribution in [3.63, 3.8) is 0 Å². The highest BCUT2D eigenvalue weighted by atomic mass is 16.3. The topological polar surface area (TPSA) is 37.5 Å².